The fourth-order valence-electron chi connectivity index (χ4n) is 1.69. The van der Waals surface area contributed by atoms with Crippen molar-refractivity contribution in [3.05, 3.63) is 40.2 Å². The van der Waals surface area contributed by atoms with Crippen LogP contribution in [0.5, 0.6) is 0 Å². The highest BCUT2D eigenvalue weighted by Gasteiger charge is 2.17. The van der Waals surface area contributed by atoms with Gasteiger partial charge in [-0.25, -0.2) is 13.6 Å². The molecule has 1 aromatic carbocycles. The molecule has 0 aliphatic rings. The van der Waals surface area contributed by atoms with Crippen LogP contribution >= 0.6 is 11.6 Å². The molecule has 0 atom stereocenters. The van der Waals surface area contributed by atoms with E-state index in [1.54, 1.807) is 13.8 Å². The molecular formula is C12H12ClN3O4S. The summed E-state index contributed by atoms with van der Waals surface area (Å²) in [7, 11) is -3.87. The van der Waals surface area contributed by atoms with Gasteiger partial charge < -0.3 is 9.84 Å². The van der Waals surface area contributed by atoms with Crippen LogP contribution in [0.3, 0.4) is 0 Å². The standard InChI is InChI=1S/C12H12ClN3O4S/c1-6-3-8(21(14,18)19)5-9(13)11(6)15-12(17)10-4-7(2)20-16-10/h3-5H,1-2H3,(H,15,17)(H2,14,18,19). The maximum Gasteiger partial charge on any atom is 0.277 e. The second-order valence-electron chi connectivity index (χ2n) is 4.42. The molecule has 0 fully saturated rings. The number of hydrogen-bond donors (Lipinski definition) is 2. The lowest BCUT2D eigenvalue weighted by Gasteiger charge is -2.11. The van der Waals surface area contributed by atoms with Crippen molar-refractivity contribution in [2.75, 3.05) is 5.32 Å². The molecule has 0 aliphatic heterocycles. The molecule has 0 unspecified atom stereocenters. The maximum absolute atomic E-state index is 12.0. The average Bonchev–Trinajstić information content (AvgIpc) is 2.79. The molecule has 9 heteroatoms. The monoisotopic (exact) mass is 329 g/mol. The summed E-state index contributed by atoms with van der Waals surface area (Å²) < 4.78 is 27.4. The highest BCUT2D eigenvalue weighted by molar-refractivity contribution is 7.89. The van der Waals surface area contributed by atoms with E-state index in [0.717, 1.165) is 0 Å². The van der Waals surface area contributed by atoms with Crippen molar-refractivity contribution in [1.29, 1.82) is 0 Å². The average molecular weight is 330 g/mol. The molecule has 0 saturated carbocycles. The Balaban J connectivity index is 2.35. The van der Waals surface area contributed by atoms with E-state index in [-0.39, 0.29) is 21.3 Å². The number of anilines is 1. The third-order valence-corrected chi connectivity index (χ3v) is 3.88. The van der Waals surface area contributed by atoms with Gasteiger partial charge in [-0.05, 0) is 31.5 Å². The van der Waals surface area contributed by atoms with Crippen LogP contribution in [0, 0.1) is 13.8 Å². The zero-order chi connectivity index (χ0) is 15.8. The molecule has 7 nitrogen and oxygen atoms in total. The Labute approximate surface area is 126 Å². The topological polar surface area (TPSA) is 115 Å². The first kappa shape index (κ1) is 15.5. The van der Waals surface area contributed by atoms with Crippen molar-refractivity contribution in [2.45, 2.75) is 18.7 Å². The summed E-state index contributed by atoms with van der Waals surface area (Å²) in [5.74, 6) is -0.0206. The molecule has 112 valence electrons. The first-order chi connectivity index (χ1) is 9.68. The lowest BCUT2D eigenvalue weighted by atomic mass is 10.2. The number of hydrogen-bond acceptors (Lipinski definition) is 5. The second-order valence-corrected chi connectivity index (χ2v) is 6.39. The van der Waals surface area contributed by atoms with Crippen LogP contribution in [0.4, 0.5) is 5.69 Å². The zero-order valence-electron chi connectivity index (χ0n) is 11.2. The van der Waals surface area contributed by atoms with E-state index < -0.39 is 15.9 Å². The number of primary sulfonamides is 1. The Morgan fingerprint density at radius 2 is 2.00 bits per heavy atom. The number of aromatic nitrogens is 1. The molecule has 0 bridgehead atoms. The van der Waals surface area contributed by atoms with Gasteiger partial charge in [0.1, 0.15) is 5.76 Å². The summed E-state index contributed by atoms with van der Waals surface area (Å²) in [6.45, 7) is 3.26. The molecule has 1 amide bonds. The van der Waals surface area contributed by atoms with Gasteiger partial charge in [-0.15, -0.1) is 0 Å². The Kier molecular flexibility index (Phi) is 4.04. The SMILES string of the molecule is Cc1cc(C(=O)Nc2c(C)cc(S(N)(=O)=O)cc2Cl)no1. The molecule has 1 aromatic heterocycles. The minimum absolute atomic E-state index is 0.0626. The predicted molar refractivity (Wildman–Crippen MR) is 76.8 cm³/mol. The van der Waals surface area contributed by atoms with Crippen molar-refractivity contribution >= 4 is 33.2 Å². The quantitative estimate of drug-likeness (QED) is 0.891. The molecule has 0 saturated heterocycles. The van der Waals surface area contributed by atoms with Crippen LogP contribution in [-0.2, 0) is 10.0 Å². The zero-order valence-corrected chi connectivity index (χ0v) is 12.7. The normalized spacial score (nSPS) is 11.4. The Morgan fingerprint density at radius 1 is 1.33 bits per heavy atom. The Hall–Kier alpha value is -1.90. The Morgan fingerprint density at radius 3 is 2.48 bits per heavy atom. The van der Waals surface area contributed by atoms with Crippen LogP contribution in [0.25, 0.3) is 0 Å². The Bertz CT molecular complexity index is 791. The number of aryl methyl sites for hydroxylation is 2. The molecule has 0 aliphatic carbocycles. The number of benzene rings is 1. The van der Waals surface area contributed by atoms with Crippen molar-refractivity contribution in [1.82, 2.24) is 5.16 Å². The van der Waals surface area contributed by atoms with Crippen LogP contribution in [0.2, 0.25) is 5.02 Å². The largest absolute Gasteiger partial charge is 0.361 e. The number of carbonyl (C=O) groups excluding carboxylic acids is 1. The summed E-state index contributed by atoms with van der Waals surface area (Å²) in [6, 6.07) is 3.97. The molecule has 3 N–H and O–H groups in total. The van der Waals surface area contributed by atoms with Crippen molar-refractivity contribution in [3.63, 3.8) is 0 Å². The first-order valence-electron chi connectivity index (χ1n) is 5.76. The molecule has 21 heavy (non-hydrogen) atoms. The number of amides is 1. The summed E-state index contributed by atoms with van der Waals surface area (Å²) in [5.41, 5.74) is 0.841. The van der Waals surface area contributed by atoms with Gasteiger partial charge in [-0.3, -0.25) is 4.79 Å². The van der Waals surface area contributed by atoms with Gasteiger partial charge in [-0.2, -0.15) is 0 Å². The number of sulfonamides is 1. The lowest BCUT2D eigenvalue weighted by molar-refractivity contribution is 0.101. The summed E-state index contributed by atoms with van der Waals surface area (Å²) in [5, 5.41) is 11.2. The van der Waals surface area contributed by atoms with E-state index >= 15 is 0 Å². The van der Waals surface area contributed by atoms with E-state index in [2.05, 4.69) is 10.5 Å². The van der Waals surface area contributed by atoms with Gasteiger partial charge in [0.25, 0.3) is 5.91 Å². The molecule has 1 heterocycles. The van der Waals surface area contributed by atoms with E-state index in [9.17, 15) is 13.2 Å². The van der Waals surface area contributed by atoms with Gasteiger partial charge in [0.05, 0.1) is 15.6 Å². The number of rotatable bonds is 3. The summed E-state index contributed by atoms with van der Waals surface area (Å²) in [6.07, 6.45) is 0. The summed E-state index contributed by atoms with van der Waals surface area (Å²) in [4.78, 5) is 11.9. The van der Waals surface area contributed by atoms with Crippen LogP contribution in [0.1, 0.15) is 21.8 Å². The van der Waals surface area contributed by atoms with Gasteiger partial charge in [-0.1, -0.05) is 16.8 Å². The van der Waals surface area contributed by atoms with E-state index in [1.807, 2.05) is 0 Å². The van der Waals surface area contributed by atoms with Crippen LogP contribution < -0.4 is 10.5 Å². The van der Waals surface area contributed by atoms with E-state index in [4.69, 9.17) is 21.3 Å². The highest BCUT2D eigenvalue weighted by atomic mass is 35.5. The van der Waals surface area contributed by atoms with Gasteiger partial charge in [0.15, 0.2) is 5.69 Å². The number of halogens is 1. The lowest BCUT2D eigenvalue weighted by Crippen LogP contribution is -2.15. The molecule has 2 rings (SSSR count). The van der Waals surface area contributed by atoms with E-state index in [0.29, 0.717) is 11.3 Å². The third kappa shape index (κ3) is 3.41. The number of carbonyl (C=O) groups is 1. The smallest absolute Gasteiger partial charge is 0.277 e. The van der Waals surface area contributed by atoms with Gasteiger partial charge >= 0.3 is 0 Å². The fourth-order valence-corrected chi connectivity index (χ4v) is 2.69. The van der Waals surface area contributed by atoms with Crippen LogP contribution in [0.15, 0.2) is 27.6 Å². The summed E-state index contributed by atoms with van der Waals surface area (Å²) >= 11 is 6.00. The molecule has 0 radical (unpaired) electrons. The minimum atomic E-state index is -3.87. The second kappa shape index (κ2) is 5.47. The number of nitrogens with zero attached hydrogens (tertiary/aromatic N) is 1. The van der Waals surface area contributed by atoms with Crippen LogP contribution in [-0.4, -0.2) is 19.5 Å². The molecule has 0 spiro atoms. The fraction of sp³-hybridized carbons (Fsp3) is 0.167. The van der Waals surface area contributed by atoms with Gasteiger partial charge in [0, 0.05) is 6.07 Å². The first-order valence-corrected chi connectivity index (χ1v) is 7.68. The minimum Gasteiger partial charge on any atom is -0.361 e. The maximum atomic E-state index is 12.0. The number of nitrogens with one attached hydrogen (secondary N) is 1. The highest BCUT2D eigenvalue weighted by Crippen LogP contribution is 2.29. The molecular weight excluding hydrogens is 318 g/mol. The van der Waals surface area contributed by atoms with E-state index in [1.165, 1.54) is 18.2 Å². The van der Waals surface area contributed by atoms with Crippen molar-refractivity contribution < 1.29 is 17.7 Å². The van der Waals surface area contributed by atoms with Gasteiger partial charge in [0.2, 0.25) is 10.0 Å². The third-order valence-electron chi connectivity index (χ3n) is 2.69. The number of nitrogens with two attached hydrogens (primary N) is 1. The van der Waals surface area contributed by atoms with Crippen molar-refractivity contribution in [3.8, 4) is 0 Å². The predicted octanol–water partition coefficient (Wildman–Crippen LogP) is 1.84. The van der Waals surface area contributed by atoms with Crippen molar-refractivity contribution in [2.24, 2.45) is 5.14 Å². The molecule has 2 aromatic rings.